The molecule has 0 spiro atoms. The van der Waals surface area contributed by atoms with Crippen molar-refractivity contribution in [3.05, 3.63) is 11.7 Å². The Kier molecular flexibility index (Phi) is 4.12. The van der Waals surface area contributed by atoms with Crippen LogP contribution in [0.4, 0.5) is 0 Å². The first kappa shape index (κ1) is 12.5. The highest BCUT2D eigenvalue weighted by Crippen LogP contribution is 2.13. The highest BCUT2D eigenvalue weighted by Gasteiger charge is 2.23. The van der Waals surface area contributed by atoms with Crippen LogP contribution in [0.1, 0.15) is 38.9 Å². The molecule has 2 heterocycles. The molecule has 5 heteroatoms. The number of rotatable bonds is 4. The van der Waals surface area contributed by atoms with Crippen LogP contribution in [-0.4, -0.2) is 40.3 Å². The van der Waals surface area contributed by atoms with Crippen molar-refractivity contribution in [2.24, 2.45) is 0 Å². The molecule has 96 valence electrons. The van der Waals surface area contributed by atoms with E-state index in [1.807, 2.05) is 0 Å². The third-order valence-corrected chi connectivity index (χ3v) is 2.84. The number of hydrogen-bond donors (Lipinski definition) is 0. The molecule has 2 atom stereocenters. The summed E-state index contributed by atoms with van der Waals surface area (Å²) in [6.45, 7) is 8.89. The summed E-state index contributed by atoms with van der Waals surface area (Å²) in [7, 11) is 0. The lowest BCUT2D eigenvalue weighted by molar-refractivity contribution is -0.0725. The van der Waals surface area contributed by atoms with Gasteiger partial charge in [0.15, 0.2) is 5.82 Å². The van der Waals surface area contributed by atoms with E-state index >= 15 is 0 Å². The third-order valence-electron chi connectivity index (χ3n) is 2.84. The molecular weight excluding hydrogens is 218 g/mol. The number of aryl methyl sites for hydroxylation is 1. The van der Waals surface area contributed by atoms with Gasteiger partial charge in [-0.2, -0.15) is 4.98 Å². The van der Waals surface area contributed by atoms with Gasteiger partial charge < -0.3 is 9.26 Å². The quantitative estimate of drug-likeness (QED) is 0.799. The van der Waals surface area contributed by atoms with Crippen LogP contribution >= 0.6 is 0 Å². The number of hydrogen-bond acceptors (Lipinski definition) is 5. The van der Waals surface area contributed by atoms with Crippen molar-refractivity contribution in [1.82, 2.24) is 15.0 Å². The Bertz CT molecular complexity index is 343. The number of nitrogens with zero attached hydrogens (tertiary/aromatic N) is 3. The van der Waals surface area contributed by atoms with E-state index < -0.39 is 0 Å². The van der Waals surface area contributed by atoms with Gasteiger partial charge in [-0.05, 0) is 20.3 Å². The first-order valence-electron chi connectivity index (χ1n) is 6.36. The maximum absolute atomic E-state index is 5.69. The smallest absolute Gasteiger partial charge is 0.240 e. The van der Waals surface area contributed by atoms with Crippen LogP contribution in [0.25, 0.3) is 0 Å². The highest BCUT2D eigenvalue weighted by molar-refractivity contribution is 4.87. The molecule has 1 aromatic rings. The minimum atomic E-state index is 0.275. The standard InChI is InChI=1S/C12H21N3O2/c1-4-5-11-13-12(17-14-11)8-15-6-9(2)16-10(3)7-15/h9-10H,4-8H2,1-3H3. The summed E-state index contributed by atoms with van der Waals surface area (Å²) in [4.78, 5) is 6.69. The van der Waals surface area contributed by atoms with Gasteiger partial charge in [0.25, 0.3) is 0 Å². The topological polar surface area (TPSA) is 51.4 Å². The largest absolute Gasteiger partial charge is 0.373 e. The Hall–Kier alpha value is -0.940. The van der Waals surface area contributed by atoms with Crippen molar-refractivity contribution in [3.8, 4) is 0 Å². The Balaban J connectivity index is 1.90. The van der Waals surface area contributed by atoms with Crippen molar-refractivity contribution in [3.63, 3.8) is 0 Å². The average molecular weight is 239 g/mol. The van der Waals surface area contributed by atoms with Crippen LogP contribution in [0.5, 0.6) is 0 Å². The van der Waals surface area contributed by atoms with Crippen LogP contribution < -0.4 is 0 Å². The summed E-state index contributed by atoms with van der Waals surface area (Å²) >= 11 is 0. The fraction of sp³-hybridized carbons (Fsp3) is 0.833. The SMILES string of the molecule is CCCc1noc(CN2CC(C)OC(C)C2)n1. The van der Waals surface area contributed by atoms with Crippen molar-refractivity contribution in [2.45, 2.75) is 52.4 Å². The molecule has 0 N–H and O–H groups in total. The average Bonchev–Trinajstić information content (AvgIpc) is 2.64. The lowest BCUT2D eigenvalue weighted by Gasteiger charge is -2.34. The molecule has 2 unspecified atom stereocenters. The Labute approximate surface area is 102 Å². The third kappa shape index (κ3) is 3.51. The Morgan fingerprint density at radius 2 is 2.00 bits per heavy atom. The van der Waals surface area contributed by atoms with Gasteiger partial charge in [-0.1, -0.05) is 12.1 Å². The van der Waals surface area contributed by atoms with Gasteiger partial charge >= 0.3 is 0 Å². The van der Waals surface area contributed by atoms with Gasteiger partial charge in [-0.3, -0.25) is 4.90 Å². The van der Waals surface area contributed by atoms with Gasteiger partial charge in [-0.25, -0.2) is 0 Å². The van der Waals surface area contributed by atoms with Crippen LogP contribution in [0.2, 0.25) is 0 Å². The second kappa shape index (κ2) is 5.60. The van der Waals surface area contributed by atoms with E-state index in [2.05, 4.69) is 35.8 Å². The highest BCUT2D eigenvalue weighted by atomic mass is 16.5. The predicted molar refractivity (Wildman–Crippen MR) is 63.6 cm³/mol. The lowest BCUT2D eigenvalue weighted by atomic mass is 10.2. The molecule has 0 saturated carbocycles. The molecule has 1 aliphatic rings. The molecule has 0 radical (unpaired) electrons. The van der Waals surface area contributed by atoms with Crippen molar-refractivity contribution in [1.29, 1.82) is 0 Å². The number of aromatic nitrogens is 2. The zero-order valence-electron chi connectivity index (χ0n) is 10.8. The molecule has 1 saturated heterocycles. The van der Waals surface area contributed by atoms with E-state index in [1.54, 1.807) is 0 Å². The molecule has 1 aromatic heterocycles. The van der Waals surface area contributed by atoms with Crippen LogP contribution in [0.3, 0.4) is 0 Å². The molecule has 2 rings (SSSR count). The van der Waals surface area contributed by atoms with E-state index in [-0.39, 0.29) is 12.2 Å². The van der Waals surface area contributed by atoms with Crippen LogP contribution in [-0.2, 0) is 17.7 Å². The molecule has 5 nitrogen and oxygen atoms in total. The summed E-state index contributed by atoms with van der Waals surface area (Å²) in [6, 6.07) is 0. The molecule has 0 bridgehead atoms. The van der Waals surface area contributed by atoms with Gasteiger partial charge in [0, 0.05) is 19.5 Å². The Morgan fingerprint density at radius 1 is 1.29 bits per heavy atom. The molecule has 0 aliphatic carbocycles. The van der Waals surface area contributed by atoms with Crippen LogP contribution in [0, 0.1) is 0 Å². The number of morpholine rings is 1. The summed E-state index contributed by atoms with van der Waals surface area (Å²) in [5.74, 6) is 1.53. The Morgan fingerprint density at radius 3 is 2.65 bits per heavy atom. The molecule has 1 aliphatic heterocycles. The van der Waals surface area contributed by atoms with Gasteiger partial charge in [-0.15, -0.1) is 0 Å². The number of ether oxygens (including phenoxy) is 1. The summed E-state index contributed by atoms with van der Waals surface area (Å²) in [5.41, 5.74) is 0. The second-order valence-corrected chi connectivity index (χ2v) is 4.81. The summed E-state index contributed by atoms with van der Waals surface area (Å²) in [5, 5.41) is 3.97. The van der Waals surface area contributed by atoms with Crippen molar-refractivity contribution >= 4 is 0 Å². The predicted octanol–water partition coefficient (Wildman–Crippen LogP) is 1.63. The van der Waals surface area contributed by atoms with Crippen molar-refractivity contribution < 1.29 is 9.26 Å². The van der Waals surface area contributed by atoms with Gasteiger partial charge in [0.1, 0.15) is 0 Å². The monoisotopic (exact) mass is 239 g/mol. The van der Waals surface area contributed by atoms with E-state index in [1.165, 1.54) is 0 Å². The maximum atomic E-state index is 5.69. The first-order valence-corrected chi connectivity index (χ1v) is 6.36. The zero-order valence-corrected chi connectivity index (χ0v) is 10.8. The second-order valence-electron chi connectivity index (χ2n) is 4.81. The molecule has 0 amide bonds. The summed E-state index contributed by atoms with van der Waals surface area (Å²) in [6.07, 6.45) is 2.48. The first-order chi connectivity index (χ1) is 8.17. The molecule has 1 fully saturated rings. The van der Waals surface area contributed by atoms with Crippen LogP contribution in [0.15, 0.2) is 4.52 Å². The summed E-state index contributed by atoms with van der Waals surface area (Å²) < 4.78 is 10.9. The molecule has 0 aromatic carbocycles. The van der Waals surface area contributed by atoms with Crippen molar-refractivity contribution in [2.75, 3.05) is 13.1 Å². The maximum Gasteiger partial charge on any atom is 0.240 e. The van der Waals surface area contributed by atoms with E-state index in [4.69, 9.17) is 9.26 Å². The minimum Gasteiger partial charge on any atom is -0.373 e. The van der Waals surface area contributed by atoms with Gasteiger partial charge in [0.2, 0.25) is 5.89 Å². The van der Waals surface area contributed by atoms with E-state index in [0.29, 0.717) is 0 Å². The fourth-order valence-corrected chi connectivity index (χ4v) is 2.28. The molecule has 17 heavy (non-hydrogen) atoms. The van der Waals surface area contributed by atoms with E-state index in [0.717, 1.165) is 44.2 Å². The van der Waals surface area contributed by atoms with E-state index in [9.17, 15) is 0 Å². The van der Waals surface area contributed by atoms with Gasteiger partial charge in [0.05, 0.1) is 18.8 Å². The fourth-order valence-electron chi connectivity index (χ4n) is 2.28. The minimum absolute atomic E-state index is 0.275. The zero-order chi connectivity index (χ0) is 12.3. The lowest BCUT2D eigenvalue weighted by Crippen LogP contribution is -2.44. The molecular formula is C12H21N3O2. The normalized spacial score (nSPS) is 26.3.